The number of anilines is 2. The summed E-state index contributed by atoms with van der Waals surface area (Å²) in [6, 6.07) is 23.2. The van der Waals surface area contributed by atoms with Crippen molar-refractivity contribution in [2.45, 2.75) is 26.7 Å². The number of rotatable bonds is 13. The van der Waals surface area contributed by atoms with Crippen molar-refractivity contribution in [3.05, 3.63) is 131 Å². The molecule has 0 aliphatic heterocycles. The lowest BCUT2D eigenvalue weighted by Gasteiger charge is -2.11. The minimum atomic E-state index is -0.456. The second kappa shape index (κ2) is 18.2. The summed E-state index contributed by atoms with van der Waals surface area (Å²) in [5.74, 6) is 13.0. The summed E-state index contributed by atoms with van der Waals surface area (Å²) in [6.07, 6.45) is 3.34. The van der Waals surface area contributed by atoms with Crippen molar-refractivity contribution in [1.82, 2.24) is 0 Å². The van der Waals surface area contributed by atoms with Crippen LogP contribution in [0.25, 0.3) is 11.1 Å². The van der Waals surface area contributed by atoms with Gasteiger partial charge in [0, 0.05) is 47.2 Å². The van der Waals surface area contributed by atoms with Crippen LogP contribution < -0.4 is 20.9 Å². The predicted molar refractivity (Wildman–Crippen MR) is 198 cm³/mol. The van der Waals surface area contributed by atoms with Crippen molar-refractivity contribution < 1.29 is 28.5 Å². The molecule has 0 unspecified atom stereocenters. The van der Waals surface area contributed by atoms with Crippen LogP contribution in [0.4, 0.5) is 11.4 Å². The van der Waals surface area contributed by atoms with Gasteiger partial charge in [-0.3, -0.25) is 0 Å². The molecule has 0 aliphatic rings. The van der Waals surface area contributed by atoms with Gasteiger partial charge >= 0.3 is 11.9 Å². The molecule has 0 aromatic heterocycles. The Labute approximate surface area is 293 Å². The maximum atomic E-state index is 11.1. The molecule has 4 rings (SSSR count). The highest BCUT2D eigenvalue weighted by atomic mass is 16.5. The van der Waals surface area contributed by atoms with E-state index in [1.165, 1.54) is 0 Å². The molecule has 50 heavy (non-hydrogen) atoms. The average molecular weight is 669 g/mol. The van der Waals surface area contributed by atoms with E-state index in [0.717, 1.165) is 56.7 Å². The van der Waals surface area contributed by atoms with Gasteiger partial charge in [-0.25, -0.2) is 9.59 Å². The molecular formula is C42H40N2O6. The zero-order valence-electron chi connectivity index (χ0n) is 28.3. The van der Waals surface area contributed by atoms with Gasteiger partial charge in [0.25, 0.3) is 0 Å². The summed E-state index contributed by atoms with van der Waals surface area (Å²) in [7, 11) is 0. The number of carbonyl (C=O) groups is 2. The number of esters is 2. The van der Waals surface area contributed by atoms with Crippen LogP contribution in [0.5, 0.6) is 11.5 Å². The summed E-state index contributed by atoms with van der Waals surface area (Å²) in [5, 5.41) is 0. The van der Waals surface area contributed by atoms with Crippen molar-refractivity contribution in [2.75, 3.05) is 37.9 Å². The summed E-state index contributed by atoms with van der Waals surface area (Å²) in [4.78, 5) is 22.2. The molecule has 0 radical (unpaired) electrons. The highest BCUT2D eigenvalue weighted by Gasteiger charge is 2.08. The predicted octanol–water partition coefficient (Wildman–Crippen LogP) is 6.93. The highest BCUT2D eigenvalue weighted by Crippen LogP contribution is 2.29. The fourth-order valence-electron chi connectivity index (χ4n) is 4.84. The largest absolute Gasteiger partial charge is 0.491 e. The minimum Gasteiger partial charge on any atom is -0.491 e. The standard InChI is InChI=1S/C42H40N2O6/c1-5-41(45)49-23-7-21-47-39-19-15-33(27-37(39)43)11-9-31-13-17-35(29(3)25-31)36-18-14-32(26-30(36)4)10-12-34-16-20-40(38(44)28-34)48-22-8-24-50-42(46)6-2/h5-6,13-20,25-28H,1-2,7-8,21-24,43-44H2,3-4H3. The first-order valence-corrected chi connectivity index (χ1v) is 16.1. The second-order valence-corrected chi connectivity index (χ2v) is 11.2. The smallest absolute Gasteiger partial charge is 0.330 e. The van der Waals surface area contributed by atoms with Crippen molar-refractivity contribution >= 4 is 23.3 Å². The molecule has 0 aliphatic carbocycles. The number of ether oxygens (including phenoxy) is 4. The van der Waals surface area contributed by atoms with Gasteiger partial charge in [-0.05, 0) is 96.8 Å². The van der Waals surface area contributed by atoms with Gasteiger partial charge in [-0.1, -0.05) is 49.0 Å². The molecule has 0 saturated carbocycles. The molecule has 8 nitrogen and oxygen atoms in total. The number of benzene rings is 4. The van der Waals surface area contributed by atoms with Crippen LogP contribution in [-0.4, -0.2) is 38.4 Å². The fourth-order valence-corrected chi connectivity index (χ4v) is 4.84. The van der Waals surface area contributed by atoms with E-state index in [-0.39, 0.29) is 13.2 Å². The number of hydrogen-bond acceptors (Lipinski definition) is 8. The number of hydrogen-bond donors (Lipinski definition) is 2. The van der Waals surface area contributed by atoms with E-state index in [1.807, 2.05) is 24.3 Å². The third-order valence-corrected chi connectivity index (χ3v) is 7.38. The van der Waals surface area contributed by atoms with Crippen molar-refractivity contribution in [1.29, 1.82) is 0 Å². The molecule has 4 aromatic carbocycles. The summed E-state index contributed by atoms with van der Waals surface area (Å²) in [6.45, 7) is 12.1. The third-order valence-electron chi connectivity index (χ3n) is 7.38. The van der Waals surface area contributed by atoms with E-state index in [1.54, 1.807) is 24.3 Å². The van der Waals surface area contributed by atoms with E-state index < -0.39 is 11.9 Å². The van der Waals surface area contributed by atoms with Crippen LogP contribution in [0.2, 0.25) is 0 Å². The Kier molecular flexibility index (Phi) is 13.3. The number of carbonyl (C=O) groups excluding carboxylic acids is 2. The van der Waals surface area contributed by atoms with Crippen LogP contribution in [0.1, 0.15) is 46.2 Å². The van der Waals surface area contributed by atoms with Crippen LogP contribution in [0, 0.1) is 37.5 Å². The first-order chi connectivity index (χ1) is 24.2. The normalized spacial score (nSPS) is 10.0. The van der Waals surface area contributed by atoms with Gasteiger partial charge in [0.15, 0.2) is 0 Å². The Morgan fingerprint density at radius 3 is 1.28 bits per heavy atom. The Morgan fingerprint density at radius 2 is 0.940 bits per heavy atom. The van der Waals surface area contributed by atoms with E-state index in [2.05, 4.69) is 75.0 Å². The third kappa shape index (κ3) is 10.8. The molecule has 0 heterocycles. The molecule has 0 bridgehead atoms. The minimum absolute atomic E-state index is 0.248. The molecule has 0 amide bonds. The van der Waals surface area contributed by atoms with E-state index in [9.17, 15) is 9.59 Å². The van der Waals surface area contributed by atoms with Crippen molar-refractivity contribution in [3.63, 3.8) is 0 Å². The summed E-state index contributed by atoms with van der Waals surface area (Å²) >= 11 is 0. The number of nitrogens with two attached hydrogens (primary N) is 2. The lowest BCUT2D eigenvalue weighted by atomic mass is 9.94. The van der Waals surface area contributed by atoms with Crippen LogP contribution in [-0.2, 0) is 19.1 Å². The van der Waals surface area contributed by atoms with Crippen LogP contribution >= 0.6 is 0 Å². The SMILES string of the molecule is C=CC(=O)OCCCOc1ccc(C#Cc2ccc(-c3ccc(C#Cc4ccc(OCCCOC(=O)C=C)c(N)c4)cc3C)c(C)c2)cc1N. The quantitative estimate of drug-likeness (QED) is 0.0517. The van der Waals surface area contributed by atoms with Gasteiger partial charge in [0.2, 0.25) is 0 Å². The molecule has 254 valence electrons. The van der Waals surface area contributed by atoms with Crippen molar-refractivity contribution in [2.24, 2.45) is 0 Å². The van der Waals surface area contributed by atoms with Gasteiger partial charge in [0.1, 0.15) is 11.5 Å². The second-order valence-electron chi connectivity index (χ2n) is 11.2. The maximum Gasteiger partial charge on any atom is 0.330 e. The maximum absolute atomic E-state index is 11.1. The Morgan fingerprint density at radius 1 is 0.580 bits per heavy atom. The molecule has 0 atom stereocenters. The lowest BCUT2D eigenvalue weighted by molar-refractivity contribution is -0.138. The first kappa shape index (κ1) is 36.5. The van der Waals surface area contributed by atoms with E-state index >= 15 is 0 Å². The summed E-state index contributed by atoms with van der Waals surface area (Å²) < 4.78 is 21.3. The fraction of sp³-hybridized carbons (Fsp3) is 0.190. The highest BCUT2D eigenvalue weighted by molar-refractivity contribution is 5.81. The number of aryl methyl sites for hydroxylation is 2. The monoisotopic (exact) mass is 668 g/mol. The zero-order chi connectivity index (χ0) is 35.9. The lowest BCUT2D eigenvalue weighted by Crippen LogP contribution is -2.07. The Bertz CT molecular complexity index is 1860. The molecule has 4 aromatic rings. The molecule has 8 heteroatoms. The molecule has 0 saturated heterocycles. The first-order valence-electron chi connectivity index (χ1n) is 16.1. The van der Waals surface area contributed by atoms with Crippen LogP contribution in [0.15, 0.2) is 98.1 Å². The van der Waals surface area contributed by atoms with Crippen LogP contribution in [0.3, 0.4) is 0 Å². The molecule has 4 N–H and O–H groups in total. The Balaban J connectivity index is 1.35. The van der Waals surface area contributed by atoms with Crippen molar-refractivity contribution in [3.8, 4) is 46.3 Å². The average Bonchev–Trinajstić information content (AvgIpc) is 3.11. The molecule has 0 fully saturated rings. The van der Waals surface area contributed by atoms with Gasteiger partial charge in [-0.15, -0.1) is 0 Å². The van der Waals surface area contributed by atoms with E-state index in [0.29, 0.717) is 48.9 Å². The molecular weight excluding hydrogens is 628 g/mol. The topological polar surface area (TPSA) is 123 Å². The van der Waals surface area contributed by atoms with Gasteiger partial charge in [0.05, 0.1) is 37.8 Å². The number of nitrogen functional groups attached to an aromatic ring is 2. The van der Waals surface area contributed by atoms with E-state index in [4.69, 9.17) is 30.4 Å². The molecule has 0 spiro atoms. The van der Waals surface area contributed by atoms with Gasteiger partial charge in [-0.2, -0.15) is 0 Å². The Hall–Kier alpha value is -6.38. The zero-order valence-corrected chi connectivity index (χ0v) is 28.3. The van der Waals surface area contributed by atoms with Gasteiger partial charge < -0.3 is 30.4 Å². The summed E-state index contributed by atoms with van der Waals surface area (Å²) in [5.41, 5.74) is 21.1.